The second-order valence-electron chi connectivity index (χ2n) is 5.23. The third-order valence-corrected chi connectivity index (χ3v) is 3.35. The van der Waals surface area contributed by atoms with Crippen molar-refractivity contribution in [2.45, 2.75) is 25.4 Å². The van der Waals surface area contributed by atoms with Crippen molar-refractivity contribution in [3.05, 3.63) is 70.2 Å². The van der Waals surface area contributed by atoms with Crippen molar-refractivity contribution in [1.29, 1.82) is 0 Å². The van der Waals surface area contributed by atoms with Gasteiger partial charge in [-0.05, 0) is 42.3 Å². The predicted octanol–water partition coefficient (Wildman–Crippen LogP) is 4.15. The van der Waals surface area contributed by atoms with E-state index in [1.807, 2.05) is 0 Å². The zero-order valence-corrected chi connectivity index (χ0v) is 11.8. The topological polar surface area (TPSA) is 20.2 Å². The van der Waals surface area contributed by atoms with Gasteiger partial charge in [0.25, 0.3) is 0 Å². The van der Waals surface area contributed by atoms with E-state index in [2.05, 4.69) is 0 Å². The van der Waals surface area contributed by atoms with Gasteiger partial charge in [-0.3, -0.25) is 0 Å². The standard InChI is InChI=1S/C16H15ClF2O/c1-16(20,9-11-3-2-4-13(18)7-11)10-12-5-6-14(17)15(19)8-12/h2-8,20H,9-10H2,1H3. The summed E-state index contributed by atoms with van der Waals surface area (Å²) in [6.07, 6.45) is 0.548. The molecule has 0 saturated carbocycles. The fourth-order valence-corrected chi connectivity index (χ4v) is 2.36. The van der Waals surface area contributed by atoms with Gasteiger partial charge < -0.3 is 5.11 Å². The molecule has 0 aliphatic carbocycles. The molecule has 4 heteroatoms. The van der Waals surface area contributed by atoms with Gasteiger partial charge in [-0.2, -0.15) is 0 Å². The van der Waals surface area contributed by atoms with Crippen molar-refractivity contribution in [3.63, 3.8) is 0 Å². The molecule has 0 aliphatic rings. The van der Waals surface area contributed by atoms with Crippen LogP contribution in [0.25, 0.3) is 0 Å². The number of hydrogen-bond acceptors (Lipinski definition) is 1. The molecule has 0 bridgehead atoms. The molecular weight excluding hydrogens is 282 g/mol. The van der Waals surface area contributed by atoms with E-state index in [4.69, 9.17) is 11.6 Å². The lowest BCUT2D eigenvalue weighted by molar-refractivity contribution is 0.0607. The minimum atomic E-state index is -1.09. The smallest absolute Gasteiger partial charge is 0.142 e. The summed E-state index contributed by atoms with van der Waals surface area (Å²) in [5, 5.41) is 10.4. The Morgan fingerprint density at radius 3 is 2.30 bits per heavy atom. The van der Waals surface area contributed by atoms with E-state index >= 15 is 0 Å². The van der Waals surface area contributed by atoms with Gasteiger partial charge >= 0.3 is 0 Å². The quantitative estimate of drug-likeness (QED) is 0.898. The zero-order chi connectivity index (χ0) is 14.8. The van der Waals surface area contributed by atoms with Crippen LogP contribution < -0.4 is 0 Å². The molecule has 2 rings (SSSR count). The Morgan fingerprint density at radius 2 is 1.70 bits per heavy atom. The van der Waals surface area contributed by atoms with Gasteiger partial charge in [0.15, 0.2) is 0 Å². The average molecular weight is 297 g/mol. The fraction of sp³-hybridized carbons (Fsp3) is 0.250. The summed E-state index contributed by atoms with van der Waals surface area (Å²) in [5.41, 5.74) is 0.256. The van der Waals surface area contributed by atoms with Crippen LogP contribution in [-0.4, -0.2) is 10.7 Å². The second-order valence-corrected chi connectivity index (χ2v) is 5.64. The van der Waals surface area contributed by atoms with Crippen LogP contribution in [0.15, 0.2) is 42.5 Å². The number of rotatable bonds is 4. The van der Waals surface area contributed by atoms with Crippen LogP contribution in [0.3, 0.4) is 0 Å². The molecule has 1 N–H and O–H groups in total. The number of halogens is 3. The van der Waals surface area contributed by atoms with Crippen molar-refractivity contribution < 1.29 is 13.9 Å². The Labute approximate surface area is 121 Å². The molecule has 0 aliphatic heterocycles. The molecule has 0 heterocycles. The van der Waals surface area contributed by atoms with Gasteiger partial charge in [-0.15, -0.1) is 0 Å². The first-order valence-electron chi connectivity index (χ1n) is 6.26. The normalized spacial score (nSPS) is 14.1. The minimum absolute atomic E-state index is 0.0542. The van der Waals surface area contributed by atoms with E-state index < -0.39 is 11.4 Å². The van der Waals surface area contributed by atoms with Crippen LogP contribution in [0, 0.1) is 11.6 Å². The Hall–Kier alpha value is -1.45. The summed E-state index contributed by atoms with van der Waals surface area (Å²) < 4.78 is 26.5. The summed E-state index contributed by atoms with van der Waals surface area (Å²) in [6.45, 7) is 1.64. The first-order valence-corrected chi connectivity index (χ1v) is 6.64. The lowest BCUT2D eigenvalue weighted by Crippen LogP contribution is -2.30. The highest BCUT2D eigenvalue weighted by Crippen LogP contribution is 2.22. The highest BCUT2D eigenvalue weighted by atomic mass is 35.5. The molecular formula is C16H15ClF2O. The molecule has 0 radical (unpaired) electrons. The van der Waals surface area contributed by atoms with Crippen LogP contribution >= 0.6 is 11.6 Å². The van der Waals surface area contributed by atoms with Crippen LogP contribution in [0.2, 0.25) is 5.02 Å². The third kappa shape index (κ3) is 4.02. The summed E-state index contributed by atoms with van der Waals surface area (Å²) >= 11 is 5.62. The maximum absolute atomic E-state index is 13.4. The van der Waals surface area contributed by atoms with E-state index in [9.17, 15) is 13.9 Å². The maximum Gasteiger partial charge on any atom is 0.142 e. The van der Waals surface area contributed by atoms with E-state index in [-0.39, 0.29) is 23.7 Å². The SMILES string of the molecule is CC(O)(Cc1cccc(F)c1)Cc1ccc(Cl)c(F)c1. The molecule has 20 heavy (non-hydrogen) atoms. The second kappa shape index (κ2) is 5.90. The summed E-state index contributed by atoms with van der Waals surface area (Å²) in [7, 11) is 0. The monoisotopic (exact) mass is 296 g/mol. The lowest BCUT2D eigenvalue weighted by atomic mass is 9.90. The van der Waals surface area contributed by atoms with Crippen LogP contribution in [0.4, 0.5) is 8.78 Å². The number of aliphatic hydroxyl groups is 1. The van der Waals surface area contributed by atoms with Crippen molar-refractivity contribution in [2.24, 2.45) is 0 Å². The molecule has 2 aromatic rings. The molecule has 0 fully saturated rings. The lowest BCUT2D eigenvalue weighted by Gasteiger charge is -2.23. The molecule has 0 amide bonds. The van der Waals surface area contributed by atoms with E-state index in [1.54, 1.807) is 25.1 Å². The predicted molar refractivity (Wildman–Crippen MR) is 75.8 cm³/mol. The Bertz CT molecular complexity index is 611. The molecule has 2 aromatic carbocycles. The Balaban J connectivity index is 2.12. The molecule has 1 atom stereocenters. The van der Waals surface area contributed by atoms with Gasteiger partial charge in [0.05, 0.1) is 10.6 Å². The van der Waals surface area contributed by atoms with Crippen LogP contribution in [0.5, 0.6) is 0 Å². The molecule has 1 nitrogen and oxygen atoms in total. The highest BCUT2D eigenvalue weighted by Gasteiger charge is 2.22. The fourth-order valence-electron chi connectivity index (χ4n) is 2.24. The first kappa shape index (κ1) is 14.9. The molecule has 106 valence electrons. The highest BCUT2D eigenvalue weighted by molar-refractivity contribution is 6.30. The maximum atomic E-state index is 13.4. The van der Waals surface area contributed by atoms with Crippen LogP contribution in [-0.2, 0) is 12.8 Å². The van der Waals surface area contributed by atoms with Gasteiger partial charge in [0.2, 0.25) is 0 Å². The first-order chi connectivity index (χ1) is 9.35. The number of hydrogen-bond donors (Lipinski definition) is 1. The molecule has 0 saturated heterocycles. The summed E-state index contributed by atoms with van der Waals surface area (Å²) in [4.78, 5) is 0. The molecule has 0 spiro atoms. The van der Waals surface area contributed by atoms with Gasteiger partial charge in [-0.1, -0.05) is 29.8 Å². The minimum Gasteiger partial charge on any atom is -0.389 e. The average Bonchev–Trinajstić information content (AvgIpc) is 2.33. The van der Waals surface area contributed by atoms with Crippen molar-refractivity contribution in [2.75, 3.05) is 0 Å². The molecule has 0 aromatic heterocycles. The van der Waals surface area contributed by atoms with Crippen molar-refractivity contribution in [1.82, 2.24) is 0 Å². The summed E-state index contributed by atoms with van der Waals surface area (Å²) in [5.74, 6) is -0.846. The van der Waals surface area contributed by atoms with Gasteiger partial charge in [0, 0.05) is 12.8 Å². The summed E-state index contributed by atoms with van der Waals surface area (Å²) in [6, 6.07) is 10.5. The van der Waals surface area contributed by atoms with E-state index in [1.165, 1.54) is 24.3 Å². The van der Waals surface area contributed by atoms with Gasteiger partial charge in [0.1, 0.15) is 11.6 Å². The van der Waals surface area contributed by atoms with E-state index in [0.29, 0.717) is 11.1 Å². The Kier molecular flexibility index (Phi) is 4.41. The third-order valence-electron chi connectivity index (χ3n) is 3.04. The van der Waals surface area contributed by atoms with Crippen LogP contribution in [0.1, 0.15) is 18.1 Å². The molecule has 1 unspecified atom stereocenters. The number of benzene rings is 2. The largest absolute Gasteiger partial charge is 0.389 e. The van der Waals surface area contributed by atoms with Crippen molar-refractivity contribution in [3.8, 4) is 0 Å². The van der Waals surface area contributed by atoms with Crippen molar-refractivity contribution >= 4 is 11.6 Å². The Morgan fingerprint density at radius 1 is 1.05 bits per heavy atom. The zero-order valence-electron chi connectivity index (χ0n) is 11.0. The van der Waals surface area contributed by atoms with Gasteiger partial charge in [-0.25, -0.2) is 8.78 Å². The van der Waals surface area contributed by atoms with E-state index in [0.717, 1.165) is 0 Å².